The molecule has 1 aliphatic rings. The van der Waals surface area contributed by atoms with Crippen LogP contribution in [0, 0.1) is 5.92 Å². The highest BCUT2D eigenvalue weighted by atomic mass is 19.4. The number of benzene rings is 1. The molecule has 0 saturated heterocycles. The smallest absolute Gasteiger partial charge is 0.329 e. The zero-order valence-electron chi connectivity index (χ0n) is 11.4. The fraction of sp³-hybridized carbons (Fsp3) is 0.600. The number of hydrogen-bond acceptors (Lipinski definition) is 2. The van der Waals surface area contributed by atoms with E-state index in [-0.39, 0.29) is 19.4 Å². The summed E-state index contributed by atoms with van der Waals surface area (Å²) >= 11 is 0. The monoisotopic (exact) mass is 286 g/mol. The Morgan fingerprint density at radius 2 is 1.95 bits per heavy atom. The number of halogens is 3. The van der Waals surface area contributed by atoms with Crippen LogP contribution in [-0.2, 0) is 6.54 Å². The second-order valence-corrected chi connectivity index (χ2v) is 5.66. The van der Waals surface area contributed by atoms with E-state index in [1.807, 2.05) is 30.3 Å². The van der Waals surface area contributed by atoms with Crippen molar-refractivity contribution in [3.63, 3.8) is 0 Å². The van der Waals surface area contributed by atoms with Gasteiger partial charge in [0.2, 0.25) is 0 Å². The van der Waals surface area contributed by atoms with Crippen LogP contribution in [0.4, 0.5) is 13.2 Å². The molecule has 0 spiro atoms. The first-order valence-electron chi connectivity index (χ1n) is 7.01. The van der Waals surface area contributed by atoms with E-state index >= 15 is 0 Å². The molecule has 0 radical (unpaired) electrons. The molecule has 0 heterocycles. The third-order valence-electron chi connectivity index (χ3n) is 4.21. The fourth-order valence-electron chi connectivity index (χ4n) is 2.95. The summed E-state index contributed by atoms with van der Waals surface area (Å²) in [5, 5.41) is 3.28. The van der Waals surface area contributed by atoms with Crippen LogP contribution in [0.15, 0.2) is 30.3 Å². The molecule has 1 aliphatic carbocycles. The number of nitrogens with two attached hydrogens (primary N) is 1. The number of nitrogens with one attached hydrogen (secondary N) is 1. The number of rotatable bonds is 4. The average molecular weight is 286 g/mol. The second kappa shape index (κ2) is 6.14. The zero-order chi connectivity index (χ0) is 14.6. The van der Waals surface area contributed by atoms with Crippen LogP contribution in [0.1, 0.15) is 31.2 Å². The lowest BCUT2D eigenvalue weighted by molar-refractivity contribution is -0.188. The van der Waals surface area contributed by atoms with Gasteiger partial charge in [-0.05, 0) is 24.8 Å². The van der Waals surface area contributed by atoms with Gasteiger partial charge in [0.15, 0.2) is 0 Å². The first-order valence-corrected chi connectivity index (χ1v) is 7.01. The van der Waals surface area contributed by atoms with Crippen LogP contribution in [-0.4, -0.2) is 18.3 Å². The molecule has 1 aromatic rings. The van der Waals surface area contributed by atoms with Crippen LogP contribution in [0.25, 0.3) is 0 Å². The standard InChI is InChI=1S/C15H21F3N2/c16-15(17,18)13-7-4-8-14(9-13,11-19)20-10-12-5-2-1-3-6-12/h1-3,5-6,13,20H,4,7-11,19H2. The van der Waals surface area contributed by atoms with Gasteiger partial charge in [-0.25, -0.2) is 0 Å². The largest absolute Gasteiger partial charge is 0.391 e. The molecule has 0 amide bonds. The van der Waals surface area contributed by atoms with Gasteiger partial charge in [-0.1, -0.05) is 36.8 Å². The van der Waals surface area contributed by atoms with Gasteiger partial charge >= 0.3 is 6.18 Å². The van der Waals surface area contributed by atoms with Crippen molar-refractivity contribution in [2.45, 2.75) is 43.9 Å². The minimum atomic E-state index is -4.12. The van der Waals surface area contributed by atoms with Gasteiger partial charge in [-0.2, -0.15) is 13.2 Å². The summed E-state index contributed by atoms with van der Waals surface area (Å²) in [7, 11) is 0. The molecule has 1 fully saturated rings. The van der Waals surface area contributed by atoms with Crippen molar-refractivity contribution in [1.82, 2.24) is 5.32 Å². The van der Waals surface area contributed by atoms with E-state index in [1.165, 1.54) is 0 Å². The maximum atomic E-state index is 12.9. The Morgan fingerprint density at radius 1 is 1.25 bits per heavy atom. The molecule has 0 aliphatic heterocycles. The van der Waals surface area contributed by atoms with Gasteiger partial charge in [0.05, 0.1) is 5.92 Å². The van der Waals surface area contributed by atoms with Crippen LogP contribution in [0.5, 0.6) is 0 Å². The summed E-state index contributed by atoms with van der Waals surface area (Å²) in [6, 6.07) is 9.68. The quantitative estimate of drug-likeness (QED) is 0.892. The van der Waals surface area contributed by atoms with Gasteiger partial charge in [0.1, 0.15) is 0 Å². The lowest BCUT2D eigenvalue weighted by atomic mass is 9.75. The third kappa shape index (κ3) is 3.73. The molecule has 5 heteroatoms. The third-order valence-corrected chi connectivity index (χ3v) is 4.21. The van der Waals surface area contributed by atoms with Gasteiger partial charge < -0.3 is 11.1 Å². The van der Waals surface area contributed by atoms with Crippen LogP contribution in [0.3, 0.4) is 0 Å². The van der Waals surface area contributed by atoms with E-state index in [4.69, 9.17) is 5.73 Å². The van der Waals surface area contributed by atoms with Gasteiger partial charge in [-0.3, -0.25) is 0 Å². The maximum Gasteiger partial charge on any atom is 0.391 e. The maximum absolute atomic E-state index is 12.9. The highest BCUT2D eigenvalue weighted by Crippen LogP contribution is 2.41. The first kappa shape index (κ1) is 15.3. The van der Waals surface area contributed by atoms with E-state index in [1.54, 1.807) is 0 Å². The van der Waals surface area contributed by atoms with Crippen LogP contribution in [0.2, 0.25) is 0 Å². The molecule has 0 bridgehead atoms. The highest BCUT2D eigenvalue weighted by Gasteiger charge is 2.46. The fourth-order valence-corrected chi connectivity index (χ4v) is 2.95. The molecule has 1 saturated carbocycles. The summed E-state index contributed by atoms with van der Waals surface area (Å²) in [4.78, 5) is 0. The van der Waals surface area contributed by atoms with Gasteiger partial charge in [0.25, 0.3) is 0 Å². The Labute approximate surface area is 117 Å². The number of alkyl halides is 3. The first-order chi connectivity index (χ1) is 9.45. The molecule has 112 valence electrons. The Kier molecular flexibility index (Phi) is 4.70. The number of hydrogen-bond donors (Lipinski definition) is 2. The van der Waals surface area contributed by atoms with E-state index in [0.29, 0.717) is 19.4 Å². The molecule has 1 aromatic carbocycles. The van der Waals surface area contributed by atoms with Crippen molar-refractivity contribution in [1.29, 1.82) is 0 Å². The molecule has 3 N–H and O–H groups in total. The molecule has 20 heavy (non-hydrogen) atoms. The Morgan fingerprint density at radius 3 is 2.55 bits per heavy atom. The molecule has 2 nitrogen and oxygen atoms in total. The summed E-state index contributed by atoms with van der Waals surface area (Å²) in [5.41, 5.74) is 6.25. The summed E-state index contributed by atoms with van der Waals surface area (Å²) < 4.78 is 38.7. The summed E-state index contributed by atoms with van der Waals surface area (Å²) in [6.45, 7) is 0.801. The van der Waals surface area contributed by atoms with Crippen LogP contribution < -0.4 is 11.1 Å². The van der Waals surface area contributed by atoms with E-state index in [9.17, 15) is 13.2 Å². The predicted molar refractivity (Wildman–Crippen MR) is 73.1 cm³/mol. The predicted octanol–water partition coefficient (Wildman–Crippen LogP) is 3.23. The summed E-state index contributed by atoms with van der Waals surface area (Å²) in [6.07, 6.45) is -2.53. The topological polar surface area (TPSA) is 38.0 Å². The minimum Gasteiger partial charge on any atom is -0.329 e. The summed E-state index contributed by atoms with van der Waals surface area (Å²) in [5.74, 6) is -1.23. The zero-order valence-corrected chi connectivity index (χ0v) is 11.4. The van der Waals surface area contributed by atoms with Crippen molar-refractivity contribution in [3.05, 3.63) is 35.9 Å². The Bertz CT molecular complexity index is 419. The van der Waals surface area contributed by atoms with Crippen molar-refractivity contribution in [2.75, 3.05) is 6.54 Å². The van der Waals surface area contributed by atoms with Crippen LogP contribution >= 0.6 is 0 Å². The van der Waals surface area contributed by atoms with E-state index < -0.39 is 17.6 Å². The van der Waals surface area contributed by atoms with Gasteiger partial charge in [-0.15, -0.1) is 0 Å². The van der Waals surface area contributed by atoms with E-state index in [0.717, 1.165) is 5.56 Å². The molecule has 2 unspecified atom stereocenters. The van der Waals surface area contributed by atoms with Crippen molar-refractivity contribution in [2.24, 2.45) is 11.7 Å². The highest BCUT2D eigenvalue weighted by molar-refractivity contribution is 5.15. The minimum absolute atomic E-state index is 0.0832. The lowest BCUT2D eigenvalue weighted by Crippen LogP contribution is -2.55. The Hall–Kier alpha value is -1.07. The van der Waals surface area contributed by atoms with Crippen molar-refractivity contribution in [3.8, 4) is 0 Å². The average Bonchev–Trinajstić information content (AvgIpc) is 2.46. The Balaban J connectivity index is 2.02. The van der Waals surface area contributed by atoms with E-state index in [2.05, 4.69) is 5.32 Å². The molecular formula is C15H21F3N2. The lowest BCUT2D eigenvalue weighted by Gasteiger charge is -2.41. The molecule has 0 aromatic heterocycles. The SMILES string of the molecule is NCC1(NCc2ccccc2)CCCC(C(F)(F)F)C1. The second-order valence-electron chi connectivity index (χ2n) is 5.66. The van der Waals surface area contributed by atoms with Gasteiger partial charge in [0, 0.05) is 18.6 Å². The normalized spacial score (nSPS) is 27.5. The van der Waals surface area contributed by atoms with Crippen molar-refractivity contribution >= 4 is 0 Å². The van der Waals surface area contributed by atoms with Crippen molar-refractivity contribution < 1.29 is 13.2 Å². The molecule has 2 rings (SSSR count). The molecular weight excluding hydrogens is 265 g/mol. The molecule has 2 atom stereocenters.